The summed E-state index contributed by atoms with van der Waals surface area (Å²) in [7, 11) is 0. The zero-order valence-electron chi connectivity index (χ0n) is 9.67. The van der Waals surface area contributed by atoms with E-state index in [2.05, 4.69) is 17.2 Å². The van der Waals surface area contributed by atoms with Crippen molar-refractivity contribution in [2.24, 2.45) is 4.99 Å². The molecule has 2 heterocycles. The fourth-order valence-corrected chi connectivity index (χ4v) is 2.36. The van der Waals surface area contributed by atoms with Crippen molar-refractivity contribution in [3.05, 3.63) is 0 Å². The van der Waals surface area contributed by atoms with E-state index < -0.39 is 0 Å². The Kier molecular flexibility index (Phi) is 4.01. The fourth-order valence-electron chi connectivity index (χ4n) is 2.36. The van der Waals surface area contributed by atoms with Crippen LogP contribution in [0.2, 0.25) is 0 Å². The van der Waals surface area contributed by atoms with Gasteiger partial charge in [0.2, 0.25) is 0 Å². The van der Waals surface area contributed by atoms with E-state index in [1.54, 1.807) is 0 Å². The third-order valence-electron chi connectivity index (χ3n) is 3.23. The van der Waals surface area contributed by atoms with Gasteiger partial charge in [-0.1, -0.05) is 6.42 Å². The zero-order valence-corrected chi connectivity index (χ0v) is 9.67. The zero-order chi connectivity index (χ0) is 10.5. The number of nitrogens with one attached hydrogen (secondary N) is 1. The van der Waals surface area contributed by atoms with Gasteiger partial charge in [-0.25, -0.2) is 0 Å². The van der Waals surface area contributed by atoms with Gasteiger partial charge in [0, 0.05) is 25.6 Å². The number of hydrogen-bond acceptors (Lipinski definition) is 3. The van der Waals surface area contributed by atoms with Crippen LogP contribution in [0.25, 0.3) is 0 Å². The molecule has 2 aliphatic rings. The van der Waals surface area contributed by atoms with E-state index in [0.717, 1.165) is 32.4 Å². The molecule has 1 fully saturated rings. The molecule has 0 aromatic carbocycles. The van der Waals surface area contributed by atoms with Crippen molar-refractivity contribution in [2.75, 3.05) is 13.2 Å². The number of hydrogen-bond donors (Lipinski definition) is 1. The molecule has 0 saturated carbocycles. The maximum Gasteiger partial charge on any atom is 0.0965 e. The van der Waals surface area contributed by atoms with Gasteiger partial charge in [-0.3, -0.25) is 4.99 Å². The number of amidine groups is 1. The van der Waals surface area contributed by atoms with Gasteiger partial charge >= 0.3 is 0 Å². The van der Waals surface area contributed by atoms with E-state index in [-0.39, 0.29) is 0 Å². The van der Waals surface area contributed by atoms with Gasteiger partial charge in [0.05, 0.1) is 11.9 Å². The summed E-state index contributed by atoms with van der Waals surface area (Å²) in [4.78, 5) is 4.61. The minimum atomic E-state index is 0.405. The SMILES string of the molecule is CC1CC(NC2=NCCCCC2)CCO1. The van der Waals surface area contributed by atoms with E-state index in [0.29, 0.717) is 12.1 Å². The standard InChI is InChI=1S/C12H22N2O/c1-10-9-11(6-8-15-10)14-12-5-3-2-4-7-13-12/h10-11H,2-9H2,1H3,(H,13,14). The minimum absolute atomic E-state index is 0.405. The van der Waals surface area contributed by atoms with Gasteiger partial charge < -0.3 is 10.1 Å². The molecule has 1 saturated heterocycles. The summed E-state index contributed by atoms with van der Waals surface area (Å²) < 4.78 is 5.54. The average Bonchev–Trinajstić information content (AvgIpc) is 2.46. The molecule has 0 aromatic heterocycles. The van der Waals surface area contributed by atoms with Crippen LogP contribution in [0.5, 0.6) is 0 Å². The Balaban J connectivity index is 1.81. The van der Waals surface area contributed by atoms with Crippen LogP contribution in [0.1, 0.15) is 45.4 Å². The molecule has 2 aliphatic heterocycles. The lowest BCUT2D eigenvalue weighted by Gasteiger charge is -2.29. The Morgan fingerprint density at radius 2 is 2.27 bits per heavy atom. The van der Waals surface area contributed by atoms with Crippen LogP contribution in [0.4, 0.5) is 0 Å². The second-order valence-corrected chi connectivity index (χ2v) is 4.69. The third-order valence-corrected chi connectivity index (χ3v) is 3.23. The van der Waals surface area contributed by atoms with E-state index in [1.807, 2.05) is 0 Å². The van der Waals surface area contributed by atoms with Crippen LogP contribution in [0, 0.1) is 0 Å². The van der Waals surface area contributed by atoms with E-state index >= 15 is 0 Å². The Morgan fingerprint density at radius 3 is 3.13 bits per heavy atom. The van der Waals surface area contributed by atoms with Gasteiger partial charge in [0.1, 0.15) is 0 Å². The number of aliphatic imine (C=N–C) groups is 1. The van der Waals surface area contributed by atoms with Gasteiger partial charge in [-0.15, -0.1) is 0 Å². The summed E-state index contributed by atoms with van der Waals surface area (Å²) in [5.41, 5.74) is 0. The molecule has 0 amide bonds. The van der Waals surface area contributed by atoms with Crippen LogP contribution in [0.3, 0.4) is 0 Å². The quantitative estimate of drug-likeness (QED) is 0.719. The molecule has 15 heavy (non-hydrogen) atoms. The molecule has 1 N–H and O–H groups in total. The minimum Gasteiger partial charge on any atom is -0.378 e. The molecule has 3 nitrogen and oxygen atoms in total. The van der Waals surface area contributed by atoms with Crippen LogP contribution >= 0.6 is 0 Å². The maximum atomic E-state index is 5.54. The highest BCUT2D eigenvalue weighted by molar-refractivity contribution is 5.82. The van der Waals surface area contributed by atoms with Crippen molar-refractivity contribution >= 4 is 5.84 Å². The Morgan fingerprint density at radius 1 is 1.33 bits per heavy atom. The molecule has 2 unspecified atom stereocenters. The van der Waals surface area contributed by atoms with Crippen LogP contribution in [-0.2, 0) is 4.74 Å². The second kappa shape index (κ2) is 5.50. The van der Waals surface area contributed by atoms with E-state index in [1.165, 1.54) is 25.1 Å². The summed E-state index contributed by atoms with van der Waals surface area (Å²) in [6.07, 6.45) is 7.69. The highest BCUT2D eigenvalue weighted by atomic mass is 16.5. The normalized spacial score (nSPS) is 33.0. The predicted octanol–water partition coefficient (Wildman–Crippen LogP) is 2.12. The van der Waals surface area contributed by atoms with Gasteiger partial charge in [0.25, 0.3) is 0 Å². The maximum absolute atomic E-state index is 5.54. The summed E-state index contributed by atoms with van der Waals surface area (Å²) in [5.74, 6) is 1.24. The van der Waals surface area contributed by atoms with Crippen molar-refractivity contribution in [3.63, 3.8) is 0 Å². The Bertz CT molecular complexity index is 228. The van der Waals surface area contributed by atoms with Crippen LogP contribution < -0.4 is 5.32 Å². The summed E-state index contributed by atoms with van der Waals surface area (Å²) in [6.45, 7) is 4.07. The Labute approximate surface area is 92.3 Å². The van der Waals surface area contributed by atoms with Crippen LogP contribution in [0.15, 0.2) is 4.99 Å². The molecule has 86 valence electrons. The molecule has 2 rings (SSSR count). The first-order chi connectivity index (χ1) is 7.34. The number of nitrogens with zero attached hydrogens (tertiary/aromatic N) is 1. The average molecular weight is 210 g/mol. The molecule has 0 radical (unpaired) electrons. The molecule has 0 spiro atoms. The molecule has 0 bridgehead atoms. The second-order valence-electron chi connectivity index (χ2n) is 4.69. The summed E-state index contributed by atoms with van der Waals surface area (Å²) in [5, 5.41) is 3.60. The van der Waals surface area contributed by atoms with Crippen molar-refractivity contribution in [3.8, 4) is 0 Å². The molecule has 0 aliphatic carbocycles. The number of rotatable bonds is 1. The molecule has 3 heteroatoms. The smallest absolute Gasteiger partial charge is 0.0965 e. The highest BCUT2D eigenvalue weighted by Crippen LogP contribution is 2.14. The third kappa shape index (κ3) is 3.49. The summed E-state index contributed by atoms with van der Waals surface area (Å²) in [6, 6.07) is 0.589. The van der Waals surface area contributed by atoms with Gasteiger partial charge in [0.15, 0.2) is 0 Å². The Hall–Kier alpha value is -0.570. The topological polar surface area (TPSA) is 33.6 Å². The predicted molar refractivity (Wildman–Crippen MR) is 62.3 cm³/mol. The van der Waals surface area contributed by atoms with Gasteiger partial charge in [-0.05, 0) is 32.6 Å². The lowest BCUT2D eigenvalue weighted by molar-refractivity contribution is 0.0166. The lowest BCUT2D eigenvalue weighted by atomic mass is 10.0. The first-order valence-corrected chi connectivity index (χ1v) is 6.26. The van der Waals surface area contributed by atoms with Crippen molar-refractivity contribution in [1.82, 2.24) is 5.32 Å². The van der Waals surface area contributed by atoms with E-state index in [4.69, 9.17) is 4.74 Å². The fraction of sp³-hybridized carbons (Fsp3) is 0.917. The van der Waals surface area contributed by atoms with Gasteiger partial charge in [-0.2, -0.15) is 0 Å². The first-order valence-electron chi connectivity index (χ1n) is 6.26. The summed E-state index contributed by atoms with van der Waals surface area (Å²) >= 11 is 0. The first kappa shape index (κ1) is 10.9. The highest BCUT2D eigenvalue weighted by Gasteiger charge is 2.20. The van der Waals surface area contributed by atoms with Crippen molar-refractivity contribution in [1.29, 1.82) is 0 Å². The van der Waals surface area contributed by atoms with Crippen molar-refractivity contribution in [2.45, 2.75) is 57.6 Å². The monoisotopic (exact) mass is 210 g/mol. The molecular formula is C12H22N2O. The largest absolute Gasteiger partial charge is 0.378 e. The van der Waals surface area contributed by atoms with Crippen LogP contribution in [-0.4, -0.2) is 31.1 Å². The molecule has 0 aromatic rings. The number of ether oxygens (including phenoxy) is 1. The molecule has 2 atom stereocenters. The van der Waals surface area contributed by atoms with Crippen molar-refractivity contribution < 1.29 is 4.74 Å². The lowest BCUT2D eigenvalue weighted by Crippen LogP contribution is -2.41. The van der Waals surface area contributed by atoms with E-state index in [9.17, 15) is 0 Å². The molecular weight excluding hydrogens is 188 g/mol.